The number of aryl methyl sites for hydroxylation is 1. The van der Waals surface area contributed by atoms with Crippen molar-refractivity contribution in [3.63, 3.8) is 0 Å². The molecule has 0 spiro atoms. The number of furan rings is 1. The van der Waals surface area contributed by atoms with Gasteiger partial charge in [0, 0.05) is 26.7 Å². The molecule has 0 saturated carbocycles. The Hall–Kier alpha value is -1.82. The summed E-state index contributed by atoms with van der Waals surface area (Å²) in [5.74, 6) is 0.638. The molecule has 0 aliphatic rings. The number of carbonyl (C=O) groups excluding carboxylic acids is 2. The van der Waals surface area contributed by atoms with Crippen LogP contribution in [-0.2, 0) is 20.8 Å². The summed E-state index contributed by atoms with van der Waals surface area (Å²) in [6.45, 7) is 5.19. The van der Waals surface area contributed by atoms with Crippen LogP contribution in [0.25, 0.3) is 0 Å². The lowest BCUT2D eigenvalue weighted by atomic mass is 10.2. The molecule has 0 aromatic carbocycles. The second kappa shape index (κ2) is 8.46. The van der Waals surface area contributed by atoms with Gasteiger partial charge in [0.15, 0.2) is 0 Å². The average Bonchev–Trinajstić information content (AvgIpc) is 2.83. The zero-order chi connectivity index (χ0) is 15.8. The molecule has 0 aliphatic heterocycles. The van der Waals surface area contributed by atoms with Gasteiger partial charge in [0.2, 0.25) is 5.91 Å². The molecule has 0 fully saturated rings. The first-order chi connectivity index (χ1) is 9.99. The fourth-order valence-corrected chi connectivity index (χ4v) is 1.92. The zero-order valence-corrected chi connectivity index (χ0v) is 13.1. The van der Waals surface area contributed by atoms with Crippen molar-refractivity contribution in [3.8, 4) is 0 Å². The third-order valence-electron chi connectivity index (χ3n) is 3.08. The van der Waals surface area contributed by atoms with Crippen molar-refractivity contribution in [1.82, 2.24) is 4.90 Å². The molecule has 0 aliphatic carbocycles. The van der Waals surface area contributed by atoms with Gasteiger partial charge in [0.25, 0.3) is 0 Å². The van der Waals surface area contributed by atoms with Crippen LogP contribution in [-0.4, -0.2) is 44.1 Å². The quantitative estimate of drug-likeness (QED) is 0.543. The van der Waals surface area contributed by atoms with Crippen molar-refractivity contribution in [2.75, 3.05) is 27.4 Å². The lowest BCUT2D eigenvalue weighted by molar-refractivity contribution is -0.131. The van der Waals surface area contributed by atoms with Crippen molar-refractivity contribution in [3.05, 3.63) is 23.2 Å². The molecule has 0 bridgehead atoms. The SMILES string of the molecule is CCOCCCC(=O)N(C)Cc1cc(C(=O)OC)c(C)o1. The Kier molecular flexibility index (Phi) is 6.94. The topological polar surface area (TPSA) is 69.0 Å². The van der Waals surface area contributed by atoms with Crippen LogP contribution in [0.5, 0.6) is 0 Å². The molecule has 21 heavy (non-hydrogen) atoms. The highest BCUT2D eigenvalue weighted by Crippen LogP contribution is 2.17. The number of hydrogen-bond acceptors (Lipinski definition) is 5. The van der Waals surface area contributed by atoms with E-state index in [0.717, 1.165) is 0 Å². The van der Waals surface area contributed by atoms with E-state index in [0.29, 0.717) is 49.7 Å². The minimum Gasteiger partial charge on any atom is -0.465 e. The lowest BCUT2D eigenvalue weighted by Crippen LogP contribution is -2.26. The second-order valence-electron chi connectivity index (χ2n) is 4.72. The van der Waals surface area contributed by atoms with Crippen LogP contribution < -0.4 is 0 Å². The van der Waals surface area contributed by atoms with Gasteiger partial charge in [-0.15, -0.1) is 0 Å². The van der Waals surface area contributed by atoms with Crippen LogP contribution >= 0.6 is 0 Å². The molecule has 1 heterocycles. The first-order valence-corrected chi connectivity index (χ1v) is 6.98. The molecule has 6 nitrogen and oxygen atoms in total. The van der Waals surface area contributed by atoms with Crippen LogP contribution in [0.3, 0.4) is 0 Å². The molecule has 1 rings (SSSR count). The highest BCUT2D eigenvalue weighted by atomic mass is 16.5. The van der Waals surface area contributed by atoms with Gasteiger partial charge in [-0.3, -0.25) is 4.79 Å². The van der Waals surface area contributed by atoms with E-state index in [1.807, 2.05) is 6.92 Å². The summed E-state index contributed by atoms with van der Waals surface area (Å²) in [7, 11) is 3.03. The summed E-state index contributed by atoms with van der Waals surface area (Å²) in [6, 6.07) is 1.62. The number of amides is 1. The van der Waals surface area contributed by atoms with Gasteiger partial charge >= 0.3 is 5.97 Å². The number of carbonyl (C=O) groups is 2. The highest BCUT2D eigenvalue weighted by Gasteiger charge is 2.17. The highest BCUT2D eigenvalue weighted by molar-refractivity contribution is 5.90. The summed E-state index contributed by atoms with van der Waals surface area (Å²) >= 11 is 0. The predicted octanol–water partition coefficient (Wildman–Crippen LogP) is 2.15. The van der Waals surface area contributed by atoms with E-state index in [9.17, 15) is 9.59 Å². The summed E-state index contributed by atoms with van der Waals surface area (Å²) in [6.07, 6.45) is 1.13. The molecular formula is C15H23NO5. The Bertz CT molecular complexity index is 480. The first kappa shape index (κ1) is 17.2. The normalized spacial score (nSPS) is 10.5. The maximum absolute atomic E-state index is 11.9. The number of hydrogen-bond donors (Lipinski definition) is 0. The second-order valence-corrected chi connectivity index (χ2v) is 4.72. The molecule has 1 aromatic heterocycles. The smallest absolute Gasteiger partial charge is 0.341 e. The van der Waals surface area contributed by atoms with Gasteiger partial charge < -0.3 is 18.8 Å². The third kappa shape index (κ3) is 5.23. The van der Waals surface area contributed by atoms with Crippen molar-refractivity contribution in [1.29, 1.82) is 0 Å². The summed E-state index contributed by atoms with van der Waals surface area (Å²) in [5, 5.41) is 0. The molecule has 1 amide bonds. The molecule has 0 saturated heterocycles. The van der Waals surface area contributed by atoms with E-state index in [2.05, 4.69) is 4.74 Å². The maximum atomic E-state index is 11.9. The summed E-state index contributed by atoms with van der Waals surface area (Å²) < 4.78 is 15.3. The Labute approximate surface area is 125 Å². The van der Waals surface area contributed by atoms with Gasteiger partial charge in [0.05, 0.1) is 13.7 Å². The Morgan fingerprint density at radius 2 is 2.10 bits per heavy atom. The fraction of sp³-hybridized carbons (Fsp3) is 0.600. The Morgan fingerprint density at radius 3 is 2.71 bits per heavy atom. The number of nitrogens with zero attached hydrogens (tertiary/aromatic N) is 1. The fourth-order valence-electron chi connectivity index (χ4n) is 1.92. The van der Waals surface area contributed by atoms with Gasteiger partial charge in [-0.2, -0.15) is 0 Å². The van der Waals surface area contributed by atoms with Crippen molar-refractivity contribution >= 4 is 11.9 Å². The van der Waals surface area contributed by atoms with E-state index in [-0.39, 0.29) is 5.91 Å². The average molecular weight is 297 g/mol. The van der Waals surface area contributed by atoms with E-state index >= 15 is 0 Å². The van der Waals surface area contributed by atoms with Crippen molar-refractivity contribution in [2.45, 2.75) is 33.2 Å². The molecule has 6 heteroatoms. The molecule has 0 unspecified atom stereocenters. The Balaban J connectivity index is 2.52. The molecule has 0 atom stereocenters. The monoisotopic (exact) mass is 297 g/mol. The number of rotatable bonds is 8. The van der Waals surface area contributed by atoms with E-state index in [1.165, 1.54) is 7.11 Å². The van der Waals surface area contributed by atoms with E-state index in [1.54, 1.807) is 24.9 Å². The lowest BCUT2D eigenvalue weighted by Gasteiger charge is -2.15. The van der Waals surface area contributed by atoms with Crippen LogP contribution in [0, 0.1) is 6.92 Å². The molecule has 0 N–H and O–H groups in total. The molecule has 118 valence electrons. The van der Waals surface area contributed by atoms with Crippen LogP contribution in [0.2, 0.25) is 0 Å². The molecule has 0 radical (unpaired) electrons. The number of methoxy groups -OCH3 is 1. The van der Waals surface area contributed by atoms with E-state index < -0.39 is 5.97 Å². The van der Waals surface area contributed by atoms with Crippen LogP contribution in [0.15, 0.2) is 10.5 Å². The minimum atomic E-state index is -0.437. The third-order valence-corrected chi connectivity index (χ3v) is 3.08. The van der Waals surface area contributed by atoms with Crippen LogP contribution in [0.1, 0.15) is 41.6 Å². The summed E-state index contributed by atoms with van der Waals surface area (Å²) in [4.78, 5) is 25.0. The first-order valence-electron chi connectivity index (χ1n) is 6.98. The zero-order valence-electron chi connectivity index (χ0n) is 13.1. The van der Waals surface area contributed by atoms with Crippen molar-refractivity contribution < 1.29 is 23.5 Å². The predicted molar refractivity (Wildman–Crippen MR) is 77.0 cm³/mol. The van der Waals surface area contributed by atoms with Gasteiger partial charge in [-0.05, 0) is 26.3 Å². The largest absolute Gasteiger partial charge is 0.465 e. The number of ether oxygens (including phenoxy) is 2. The molecule has 1 aromatic rings. The van der Waals surface area contributed by atoms with Gasteiger partial charge in [-0.25, -0.2) is 4.79 Å². The number of esters is 1. The van der Waals surface area contributed by atoms with Crippen LogP contribution in [0.4, 0.5) is 0 Å². The molecular weight excluding hydrogens is 274 g/mol. The van der Waals surface area contributed by atoms with Crippen molar-refractivity contribution in [2.24, 2.45) is 0 Å². The maximum Gasteiger partial charge on any atom is 0.341 e. The minimum absolute atomic E-state index is 0.0170. The standard InChI is InChI=1S/C15H23NO5/c1-5-20-8-6-7-14(17)16(3)10-12-9-13(11(2)21-12)15(18)19-4/h9H,5-8,10H2,1-4H3. The van der Waals surface area contributed by atoms with Gasteiger partial charge in [-0.1, -0.05) is 0 Å². The summed E-state index contributed by atoms with van der Waals surface area (Å²) in [5.41, 5.74) is 0.393. The van der Waals surface area contributed by atoms with Gasteiger partial charge in [0.1, 0.15) is 17.1 Å². The van der Waals surface area contributed by atoms with E-state index in [4.69, 9.17) is 9.15 Å². The Morgan fingerprint density at radius 1 is 1.38 bits per heavy atom.